The zero-order valence-corrected chi connectivity index (χ0v) is 16.8. The molecule has 160 valence electrons. The molecule has 1 aliphatic carbocycles. The van der Waals surface area contributed by atoms with Crippen LogP contribution in [-0.2, 0) is 16.1 Å². The molecule has 2 aromatic rings. The van der Waals surface area contributed by atoms with Crippen molar-refractivity contribution in [2.24, 2.45) is 5.92 Å². The lowest BCUT2D eigenvalue weighted by Gasteiger charge is -2.33. The van der Waals surface area contributed by atoms with Gasteiger partial charge in [0.1, 0.15) is 17.3 Å². The van der Waals surface area contributed by atoms with Crippen molar-refractivity contribution in [1.82, 2.24) is 4.98 Å². The van der Waals surface area contributed by atoms with Crippen molar-refractivity contribution in [3.63, 3.8) is 0 Å². The van der Waals surface area contributed by atoms with Crippen molar-refractivity contribution in [2.45, 2.75) is 51.2 Å². The van der Waals surface area contributed by atoms with Crippen molar-refractivity contribution in [3.8, 4) is 11.3 Å². The van der Waals surface area contributed by atoms with E-state index in [1.807, 2.05) is 12.1 Å². The Hall–Kier alpha value is -2.54. The molecule has 2 heterocycles. The number of rotatable bonds is 7. The fraction of sp³-hybridized carbons (Fsp3) is 0.478. The molecular weight excluding hydrogens is 390 g/mol. The second-order valence-electron chi connectivity index (χ2n) is 8.19. The lowest BCUT2D eigenvalue weighted by atomic mass is 9.93. The molecule has 0 unspecified atom stereocenters. The topological polar surface area (TPSA) is 62.7 Å². The lowest BCUT2D eigenvalue weighted by molar-refractivity contribution is -0.138. The molecule has 1 aliphatic heterocycles. The lowest BCUT2D eigenvalue weighted by Crippen LogP contribution is -2.35. The number of benzene rings is 1. The Labute approximate surface area is 174 Å². The number of carboxylic acid groups (broad SMARTS) is 1. The first-order valence-corrected chi connectivity index (χ1v) is 10.5. The van der Waals surface area contributed by atoms with Gasteiger partial charge in [0.25, 0.3) is 0 Å². The molecule has 0 spiro atoms. The molecule has 2 aliphatic rings. The van der Waals surface area contributed by atoms with Gasteiger partial charge < -0.3 is 14.7 Å². The number of aliphatic carboxylic acids is 1. The molecule has 1 saturated carbocycles. The van der Waals surface area contributed by atoms with Crippen LogP contribution in [0.1, 0.15) is 44.2 Å². The van der Waals surface area contributed by atoms with Crippen molar-refractivity contribution >= 4 is 11.7 Å². The minimum atomic E-state index is -0.831. The van der Waals surface area contributed by atoms with Gasteiger partial charge in [-0.3, -0.25) is 9.78 Å². The maximum absolute atomic E-state index is 14.9. The van der Waals surface area contributed by atoms with Crippen LogP contribution in [0.5, 0.6) is 0 Å². The summed E-state index contributed by atoms with van der Waals surface area (Å²) in [7, 11) is 0. The van der Waals surface area contributed by atoms with Gasteiger partial charge in [-0.15, -0.1) is 0 Å². The Bertz CT molecular complexity index is 886. The van der Waals surface area contributed by atoms with Crippen LogP contribution in [0, 0.1) is 17.6 Å². The van der Waals surface area contributed by atoms with E-state index in [1.54, 1.807) is 11.0 Å². The number of ether oxygens (including phenoxy) is 1. The quantitative estimate of drug-likeness (QED) is 0.703. The molecule has 1 aromatic heterocycles. The van der Waals surface area contributed by atoms with E-state index >= 15 is 0 Å². The Morgan fingerprint density at radius 3 is 2.43 bits per heavy atom. The second kappa shape index (κ2) is 9.08. The van der Waals surface area contributed by atoms with Crippen molar-refractivity contribution in [3.05, 3.63) is 47.7 Å². The standard InChI is InChI=1S/C23H26F2N2O3/c24-19-12-16(21-6-1-3-17(26-21)14-30-18-4-2-5-18)13-20(25)23(19)27-9-7-15(8-10-27)11-22(28)29/h1,3,6,12-13,15,18H,2,4-5,7-11,14H2,(H,28,29). The summed E-state index contributed by atoms with van der Waals surface area (Å²) < 4.78 is 35.5. The Balaban J connectivity index is 1.47. The van der Waals surface area contributed by atoms with Crippen LogP contribution in [0.25, 0.3) is 11.3 Å². The summed E-state index contributed by atoms with van der Waals surface area (Å²) in [6.07, 6.45) is 4.96. The zero-order valence-electron chi connectivity index (χ0n) is 16.8. The molecule has 7 heteroatoms. The molecule has 0 amide bonds. The average Bonchev–Trinajstić information content (AvgIpc) is 2.67. The maximum Gasteiger partial charge on any atom is 0.303 e. The highest BCUT2D eigenvalue weighted by Gasteiger charge is 2.26. The number of halogens is 2. The van der Waals surface area contributed by atoms with Crippen LogP contribution in [0.2, 0.25) is 0 Å². The fourth-order valence-electron chi connectivity index (χ4n) is 4.08. The summed E-state index contributed by atoms with van der Waals surface area (Å²) in [6.45, 7) is 1.28. The van der Waals surface area contributed by atoms with Crippen LogP contribution in [0.15, 0.2) is 30.3 Å². The van der Waals surface area contributed by atoms with E-state index < -0.39 is 17.6 Å². The van der Waals surface area contributed by atoms with Crippen molar-refractivity contribution in [1.29, 1.82) is 0 Å². The van der Waals surface area contributed by atoms with Gasteiger partial charge in [0, 0.05) is 25.1 Å². The Morgan fingerprint density at radius 2 is 1.83 bits per heavy atom. The number of hydrogen-bond donors (Lipinski definition) is 1. The van der Waals surface area contributed by atoms with Gasteiger partial charge in [-0.25, -0.2) is 8.78 Å². The van der Waals surface area contributed by atoms with E-state index in [0.717, 1.165) is 18.5 Å². The molecule has 5 nitrogen and oxygen atoms in total. The molecule has 30 heavy (non-hydrogen) atoms. The second-order valence-corrected chi connectivity index (χ2v) is 8.19. The molecule has 1 N–H and O–H groups in total. The predicted octanol–water partition coefficient (Wildman–Crippen LogP) is 4.79. The normalized spacial score (nSPS) is 17.7. The Morgan fingerprint density at radius 1 is 1.13 bits per heavy atom. The zero-order chi connectivity index (χ0) is 21.1. The third-order valence-corrected chi connectivity index (χ3v) is 6.03. The van der Waals surface area contributed by atoms with E-state index in [1.165, 1.54) is 18.6 Å². The van der Waals surface area contributed by atoms with Crippen LogP contribution in [-0.4, -0.2) is 35.3 Å². The number of hydrogen-bond acceptors (Lipinski definition) is 4. The number of carboxylic acids is 1. The number of anilines is 1. The molecule has 0 atom stereocenters. The summed E-state index contributed by atoms with van der Waals surface area (Å²) >= 11 is 0. The number of nitrogens with zero attached hydrogens (tertiary/aromatic N) is 2. The van der Waals surface area contributed by atoms with Crippen molar-refractivity contribution < 1.29 is 23.4 Å². The maximum atomic E-state index is 14.9. The molecule has 0 bridgehead atoms. The Kier molecular flexibility index (Phi) is 6.27. The first-order chi connectivity index (χ1) is 14.5. The van der Waals surface area contributed by atoms with Gasteiger partial charge >= 0.3 is 5.97 Å². The summed E-state index contributed by atoms with van der Waals surface area (Å²) in [6, 6.07) is 8.04. The van der Waals surface area contributed by atoms with E-state index in [4.69, 9.17) is 9.84 Å². The molecular formula is C23H26F2N2O3. The molecule has 1 aromatic carbocycles. The van der Waals surface area contributed by atoms with Gasteiger partial charge in [0.05, 0.1) is 24.1 Å². The van der Waals surface area contributed by atoms with E-state index in [2.05, 4.69) is 4.98 Å². The van der Waals surface area contributed by atoms with Gasteiger partial charge in [0.15, 0.2) is 0 Å². The highest BCUT2D eigenvalue weighted by atomic mass is 19.1. The summed E-state index contributed by atoms with van der Waals surface area (Å²) in [5.41, 5.74) is 1.59. The van der Waals surface area contributed by atoms with Crippen molar-refractivity contribution in [2.75, 3.05) is 18.0 Å². The number of aromatic nitrogens is 1. The number of pyridine rings is 1. The fourth-order valence-corrected chi connectivity index (χ4v) is 4.08. The molecule has 2 fully saturated rings. The molecule has 1 saturated heterocycles. The largest absolute Gasteiger partial charge is 0.481 e. The first-order valence-electron chi connectivity index (χ1n) is 10.5. The first kappa shape index (κ1) is 20.7. The predicted molar refractivity (Wildman–Crippen MR) is 109 cm³/mol. The summed E-state index contributed by atoms with van der Waals surface area (Å²) in [5.74, 6) is -2.03. The van der Waals surface area contributed by atoms with Gasteiger partial charge in [-0.2, -0.15) is 0 Å². The molecule has 4 rings (SSSR count). The minimum absolute atomic E-state index is 0.0444. The third-order valence-electron chi connectivity index (χ3n) is 6.03. The molecule has 0 radical (unpaired) electrons. The third kappa shape index (κ3) is 4.78. The smallest absolute Gasteiger partial charge is 0.303 e. The average molecular weight is 416 g/mol. The number of carbonyl (C=O) groups is 1. The van der Waals surface area contributed by atoms with E-state index in [-0.39, 0.29) is 18.0 Å². The monoisotopic (exact) mass is 416 g/mol. The van der Waals surface area contributed by atoms with Crippen LogP contribution in [0.4, 0.5) is 14.5 Å². The highest BCUT2D eigenvalue weighted by molar-refractivity contribution is 5.67. The van der Waals surface area contributed by atoms with Gasteiger partial charge in [-0.05, 0) is 62.3 Å². The van der Waals surface area contributed by atoms with E-state index in [0.29, 0.717) is 49.9 Å². The number of piperidine rings is 1. The van der Waals surface area contributed by atoms with Gasteiger partial charge in [0.2, 0.25) is 0 Å². The minimum Gasteiger partial charge on any atom is -0.481 e. The highest BCUT2D eigenvalue weighted by Crippen LogP contribution is 2.32. The van der Waals surface area contributed by atoms with Crippen LogP contribution >= 0.6 is 0 Å². The van der Waals surface area contributed by atoms with Crippen LogP contribution < -0.4 is 4.90 Å². The summed E-state index contributed by atoms with van der Waals surface area (Å²) in [5, 5.41) is 8.92. The van der Waals surface area contributed by atoms with Crippen LogP contribution in [0.3, 0.4) is 0 Å². The van der Waals surface area contributed by atoms with E-state index in [9.17, 15) is 13.6 Å². The SMILES string of the molecule is O=C(O)CC1CCN(c2c(F)cc(-c3cccc(COC4CCC4)n3)cc2F)CC1. The summed E-state index contributed by atoms with van der Waals surface area (Å²) in [4.78, 5) is 17.0. The van der Waals surface area contributed by atoms with Gasteiger partial charge in [-0.1, -0.05) is 6.07 Å².